The van der Waals surface area contributed by atoms with Crippen LogP contribution in [0.1, 0.15) is 41.0 Å². The molecule has 1 unspecified atom stereocenters. The first-order chi connectivity index (χ1) is 5.43. The van der Waals surface area contributed by atoms with Gasteiger partial charge < -0.3 is 4.90 Å². The van der Waals surface area contributed by atoms with Crippen LogP contribution in [-0.4, -0.2) is 24.0 Å². The molecule has 1 saturated heterocycles. The van der Waals surface area contributed by atoms with E-state index in [9.17, 15) is 0 Å². The van der Waals surface area contributed by atoms with Gasteiger partial charge in [-0.15, -0.1) is 0 Å². The highest BCUT2D eigenvalue weighted by molar-refractivity contribution is 4.85. The maximum absolute atomic E-state index is 2.59. The van der Waals surface area contributed by atoms with Crippen molar-refractivity contribution in [2.45, 2.75) is 47.1 Å². The van der Waals surface area contributed by atoms with Crippen molar-refractivity contribution in [2.24, 2.45) is 11.3 Å². The predicted octanol–water partition coefficient (Wildman–Crippen LogP) is 2.76. The van der Waals surface area contributed by atoms with Crippen LogP contribution in [0.3, 0.4) is 0 Å². The normalized spacial score (nSPS) is 31.0. The Kier molecular flexibility index (Phi) is 2.82. The van der Waals surface area contributed by atoms with Crippen LogP contribution in [0.4, 0.5) is 0 Å². The van der Waals surface area contributed by atoms with Crippen molar-refractivity contribution in [3.05, 3.63) is 0 Å². The molecule has 72 valence electrons. The van der Waals surface area contributed by atoms with Crippen molar-refractivity contribution in [2.75, 3.05) is 13.1 Å². The van der Waals surface area contributed by atoms with Crippen molar-refractivity contribution < 1.29 is 0 Å². The molecule has 0 bridgehead atoms. The van der Waals surface area contributed by atoms with Gasteiger partial charge in [-0.3, -0.25) is 0 Å². The van der Waals surface area contributed by atoms with Crippen molar-refractivity contribution in [3.63, 3.8) is 0 Å². The van der Waals surface area contributed by atoms with Gasteiger partial charge in [0.15, 0.2) is 0 Å². The summed E-state index contributed by atoms with van der Waals surface area (Å²) >= 11 is 0. The van der Waals surface area contributed by atoms with Crippen LogP contribution in [0.2, 0.25) is 0 Å². The molecule has 1 heterocycles. The van der Waals surface area contributed by atoms with Crippen LogP contribution >= 0.6 is 0 Å². The van der Waals surface area contributed by atoms with Crippen molar-refractivity contribution >= 4 is 0 Å². The Hall–Kier alpha value is -0.0400. The van der Waals surface area contributed by atoms with Crippen LogP contribution in [0.5, 0.6) is 0 Å². The van der Waals surface area contributed by atoms with Crippen LogP contribution in [0, 0.1) is 11.3 Å². The Bertz CT molecular complexity index is 149. The topological polar surface area (TPSA) is 3.24 Å². The van der Waals surface area contributed by atoms with E-state index in [1.807, 2.05) is 0 Å². The monoisotopic (exact) mass is 169 g/mol. The molecule has 1 atom stereocenters. The fourth-order valence-corrected chi connectivity index (χ4v) is 1.84. The SMILES string of the molecule is CC(C)N1CCC(C)(C)C(C)C1. The average molecular weight is 169 g/mol. The lowest BCUT2D eigenvalue weighted by molar-refractivity contribution is 0.0523. The van der Waals surface area contributed by atoms with Gasteiger partial charge in [0.2, 0.25) is 0 Å². The first-order valence-electron chi connectivity index (χ1n) is 5.17. The van der Waals surface area contributed by atoms with Gasteiger partial charge in [-0.2, -0.15) is 0 Å². The maximum atomic E-state index is 2.59. The molecule has 1 nitrogen and oxygen atoms in total. The quantitative estimate of drug-likeness (QED) is 0.583. The van der Waals surface area contributed by atoms with Crippen LogP contribution in [-0.2, 0) is 0 Å². The largest absolute Gasteiger partial charge is 0.301 e. The third-order valence-electron chi connectivity index (χ3n) is 3.62. The lowest BCUT2D eigenvalue weighted by atomic mass is 9.74. The zero-order valence-electron chi connectivity index (χ0n) is 9.22. The number of rotatable bonds is 1. The van der Waals surface area contributed by atoms with Gasteiger partial charge in [0, 0.05) is 12.6 Å². The van der Waals surface area contributed by atoms with Crippen molar-refractivity contribution in [1.82, 2.24) is 4.90 Å². The van der Waals surface area contributed by atoms with Gasteiger partial charge in [-0.25, -0.2) is 0 Å². The van der Waals surface area contributed by atoms with Gasteiger partial charge in [-0.05, 0) is 38.1 Å². The number of hydrogen-bond acceptors (Lipinski definition) is 1. The summed E-state index contributed by atoms with van der Waals surface area (Å²) in [6.07, 6.45) is 1.35. The Morgan fingerprint density at radius 1 is 1.33 bits per heavy atom. The Labute approximate surface area is 77.1 Å². The highest BCUT2D eigenvalue weighted by atomic mass is 15.2. The number of piperidine rings is 1. The highest BCUT2D eigenvalue weighted by Gasteiger charge is 2.32. The summed E-state index contributed by atoms with van der Waals surface area (Å²) in [5.41, 5.74) is 0.561. The fourth-order valence-electron chi connectivity index (χ4n) is 1.84. The standard InChI is InChI=1S/C11H23N/c1-9(2)12-7-6-11(4,5)10(3)8-12/h9-10H,6-8H2,1-5H3. The number of likely N-dealkylation sites (tertiary alicyclic amines) is 1. The van der Waals surface area contributed by atoms with E-state index in [4.69, 9.17) is 0 Å². The first-order valence-corrected chi connectivity index (χ1v) is 5.17. The van der Waals surface area contributed by atoms with E-state index >= 15 is 0 Å². The summed E-state index contributed by atoms with van der Waals surface area (Å²) < 4.78 is 0. The Balaban J connectivity index is 2.52. The van der Waals surface area contributed by atoms with Gasteiger partial charge in [0.05, 0.1) is 0 Å². The molecule has 0 N–H and O–H groups in total. The first kappa shape index (κ1) is 10.0. The molecule has 1 aliphatic rings. The highest BCUT2D eigenvalue weighted by Crippen LogP contribution is 2.35. The minimum atomic E-state index is 0.561. The van der Waals surface area contributed by atoms with Crippen LogP contribution in [0.25, 0.3) is 0 Å². The molecule has 0 aliphatic carbocycles. The van der Waals surface area contributed by atoms with E-state index in [-0.39, 0.29) is 0 Å². The van der Waals surface area contributed by atoms with E-state index < -0.39 is 0 Å². The number of nitrogens with zero attached hydrogens (tertiary/aromatic N) is 1. The summed E-state index contributed by atoms with van der Waals surface area (Å²) in [6.45, 7) is 14.3. The molecule has 1 heteroatoms. The molecule has 1 rings (SSSR count). The van der Waals surface area contributed by atoms with E-state index in [1.54, 1.807) is 0 Å². The summed E-state index contributed by atoms with van der Waals surface area (Å²) in [5.74, 6) is 0.841. The molecule has 0 aromatic rings. The summed E-state index contributed by atoms with van der Waals surface area (Å²) in [6, 6.07) is 0.726. The molecular weight excluding hydrogens is 146 g/mol. The van der Waals surface area contributed by atoms with E-state index in [2.05, 4.69) is 39.5 Å². The summed E-state index contributed by atoms with van der Waals surface area (Å²) in [5, 5.41) is 0. The second-order valence-corrected chi connectivity index (χ2v) is 5.23. The zero-order valence-corrected chi connectivity index (χ0v) is 9.22. The fraction of sp³-hybridized carbons (Fsp3) is 1.00. The van der Waals surface area contributed by atoms with Gasteiger partial charge in [0.1, 0.15) is 0 Å². The smallest absolute Gasteiger partial charge is 0.00387 e. The molecule has 0 amide bonds. The second kappa shape index (κ2) is 3.37. The molecular formula is C11H23N. The average Bonchev–Trinajstić information content (AvgIpc) is 1.94. The number of hydrogen-bond donors (Lipinski definition) is 0. The van der Waals surface area contributed by atoms with Crippen LogP contribution < -0.4 is 0 Å². The Morgan fingerprint density at radius 2 is 1.92 bits per heavy atom. The van der Waals surface area contributed by atoms with E-state index in [0.717, 1.165) is 12.0 Å². The van der Waals surface area contributed by atoms with E-state index in [1.165, 1.54) is 19.5 Å². The molecule has 1 aliphatic heterocycles. The predicted molar refractivity (Wildman–Crippen MR) is 54.3 cm³/mol. The Morgan fingerprint density at radius 3 is 2.33 bits per heavy atom. The third kappa shape index (κ3) is 2.01. The van der Waals surface area contributed by atoms with Gasteiger partial charge in [0.25, 0.3) is 0 Å². The van der Waals surface area contributed by atoms with Crippen molar-refractivity contribution in [1.29, 1.82) is 0 Å². The molecule has 0 radical (unpaired) electrons. The van der Waals surface area contributed by atoms with E-state index in [0.29, 0.717) is 5.41 Å². The minimum Gasteiger partial charge on any atom is -0.301 e. The van der Waals surface area contributed by atoms with Gasteiger partial charge in [-0.1, -0.05) is 20.8 Å². The van der Waals surface area contributed by atoms with Gasteiger partial charge >= 0.3 is 0 Å². The van der Waals surface area contributed by atoms with Crippen LogP contribution in [0.15, 0.2) is 0 Å². The zero-order chi connectivity index (χ0) is 9.35. The maximum Gasteiger partial charge on any atom is 0.00387 e. The molecule has 12 heavy (non-hydrogen) atoms. The molecule has 0 spiro atoms. The second-order valence-electron chi connectivity index (χ2n) is 5.23. The summed E-state index contributed by atoms with van der Waals surface area (Å²) in [4.78, 5) is 2.59. The summed E-state index contributed by atoms with van der Waals surface area (Å²) in [7, 11) is 0. The lowest BCUT2D eigenvalue weighted by Crippen LogP contribution is -2.46. The minimum absolute atomic E-state index is 0.561. The lowest BCUT2D eigenvalue weighted by Gasteiger charge is -2.44. The molecule has 0 aromatic carbocycles. The molecule has 0 saturated carbocycles. The molecule has 1 fully saturated rings. The van der Waals surface area contributed by atoms with Crippen molar-refractivity contribution in [3.8, 4) is 0 Å². The molecule has 0 aromatic heterocycles. The third-order valence-corrected chi connectivity index (χ3v) is 3.62.